The number of nitrogens with zero attached hydrogens (tertiary/aromatic N) is 1. The van der Waals surface area contributed by atoms with E-state index >= 15 is 0 Å². The summed E-state index contributed by atoms with van der Waals surface area (Å²) < 4.78 is 0. The Balaban J connectivity index is 1.45. The SMILES string of the molecule is Cc1ccc2[nH]cc(/C=C/C(=O)/C=C3/Nc4ccccc4C(=O)N4CCCC34)c2c1. The second-order valence-electron chi connectivity index (χ2n) is 7.96. The van der Waals surface area contributed by atoms with E-state index in [-0.39, 0.29) is 17.7 Å². The van der Waals surface area contributed by atoms with Crippen molar-refractivity contribution in [1.29, 1.82) is 0 Å². The molecule has 1 fully saturated rings. The average Bonchev–Trinajstić information content (AvgIpc) is 3.36. The van der Waals surface area contributed by atoms with Crippen LogP contribution in [0.5, 0.6) is 0 Å². The third-order valence-electron chi connectivity index (χ3n) is 5.90. The smallest absolute Gasteiger partial charge is 0.256 e. The molecule has 1 amide bonds. The third kappa shape index (κ3) is 3.22. The number of ketones is 1. The van der Waals surface area contributed by atoms with Gasteiger partial charge in [0.15, 0.2) is 5.78 Å². The van der Waals surface area contributed by atoms with Gasteiger partial charge < -0.3 is 15.2 Å². The Kier molecular flexibility index (Phi) is 4.51. The molecule has 1 atom stereocenters. The number of H-pyrrole nitrogens is 1. The second kappa shape index (κ2) is 7.34. The maximum atomic E-state index is 12.9. The number of aryl methyl sites for hydroxylation is 1. The number of amides is 1. The third-order valence-corrected chi connectivity index (χ3v) is 5.90. The van der Waals surface area contributed by atoms with Crippen LogP contribution in [-0.4, -0.2) is 34.2 Å². The highest BCUT2D eigenvalue weighted by Gasteiger charge is 2.36. The first kappa shape index (κ1) is 18.4. The Morgan fingerprint density at radius 2 is 2.07 bits per heavy atom. The lowest BCUT2D eigenvalue weighted by Crippen LogP contribution is -2.36. The van der Waals surface area contributed by atoms with Crippen molar-refractivity contribution < 1.29 is 9.59 Å². The van der Waals surface area contributed by atoms with Crippen molar-refractivity contribution in [2.24, 2.45) is 0 Å². The minimum Gasteiger partial charge on any atom is -0.361 e. The molecule has 150 valence electrons. The van der Waals surface area contributed by atoms with Gasteiger partial charge in [-0.1, -0.05) is 23.8 Å². The number of allylic oxidation sites excluding steroid dienone is 2. The number of aromatic nitrogens is 1. The van der Waals surface area contributed by atoms with Gasteiger partial charge in [-0.05, 0) is 61.7 Å². The summed E-state index contributed by atoms with van der Waals surface area (Å²) in [6.45, 7) is 2.77. The van der Waals surface area contributed by atoms with Crippen LogP contribution in [-0.2, 0) is 4.79 Å². The zero-order chi connectivity index (χ0) is 20.7. The van der Waals surface area contributed by atoms with Crippen molar-refractivity contribution in [1.82, 2.24) is 9.88 Å². The van der Waals surface area contributed by atoms with Crippen molar-refractivity contribution in [3.05, 3.63) is 83.2 Å². The van der Waals surface area contributed by atoms with E-state index in [1.54, 1.807) is 12.2 Å². The standard InChI is InChI=1S/C25H23N3O2/c1-16-8-11-21-20(13-16)17(15-26-21)9-10-18(29)14-23-24-7-4-12-28(24)25(30)19-5-2-3-6-22(19)27-23/h2-3,5-6,8-11,13-15,24,26-27H,4,7,12H2,1H3/b10-9+,23-14+. The van der Waals surface area contributed by atoms with E-state index in [1.807, 2.05) is 47.5 Å². The summed E-state index contributed by atoms with van der Waals surface area (Å²) in [6, 6.07) is 13.6. The molecule has 1 aromatic heterocycles. The van der Waals surface area contributed by atoms with E-state index in [4.69, 9.17) is 0 Å². The number of hydrogen-bond acceptors (Lipinski definition) is 3. The van der Waals surface area contributed by atoms with Crippen molar-refractivity contribution in [2.45, 2.75) is 25.8 Å². The van der Waals surface area contributed by atoms with E-state index in [1.165, 1.54) is 5.56 Å². The lowest BCUT2D eigenvalue weighted by molar-refractivity contribution is -0.110. The molecule has 3 aromatic rings. The predicted octanol–water partition coefficient (Wildman–Crippen LogP) is 4.67. The van der Waals surface area contributed by atoms with Crippen LogP contribution in [0.15, 0.2) is 66.5 Å². The summed E-state index contributed by atoms with van der Waals surface area (Å²) in [4.78, 5) is 30.8. The van der Waals surface area contributed by atoms with Crippen LogP contribution >= 0.6 is 0 Å². The van der Waals surface area contributed by atoms with E-state index in [9.17, 15) is 9.59 Å². The molecule has 0 spiro atoms. The molecule has 0 aliphatic carbocycles. The predicted molar refractivity (Wildman–Crippen MR) is 119 cm³/mol. The van der Waals surface area contributed by atoms with Gasteiger partial charge in [0.05, 0.1) is 17.3 Å². The normalized spacial score (nSPS) is 19.8. The first-order valence-corrected chi connectivity index (χ1v) is 10.3. The van der Waals surface area contributed by atoms with Crippen molar-refractivity contribution >= 4 is 34.4 Å². The zero-order valence-corrected chi connectivity index (χ0v) is 16.8. The largest absolute Gasteiger partial charge is 0.361 e. The highest BCUT2D eigenvalue weighted by molar-refractivity contribution is 6.06. The van der Waals surface area contributed by atoms with Crippen LogP contribution in [0.25, 0.3) is 17.0 Å². The summed E-state index contributed by atoms with van der Waals surface area (Å²) in [6.07, 6.45) is 8.79. The summed E-state index contributed by atoms with van der Waals surface area (Å²) in [5.74, 6) is -0.0701. The molecule has 5 nitrogen and oxygen atoms in total. The lowest BCUT2D eigenvalue weighted by atomic mass is 10.1. The molecule has 0 radical (unpaired) electrons. The van der Waals surface area contributed by atoms with Crippen molar-refractivity contribution in [3.63, 3.8) is 0 Å². The quantitative estimate of drug-likeness (QED) is 0.631. The molecule has 1 saturated heterocycles. The summed E-state index contributed by atoms with van der Waals surface area (Å²) in [7, 11) is 0. The molecule has 0 bridgehead atoms. The van der Waals surface area contributed by atoms with E-state index in [0.29, 0.717) is 5.56 Å². The van der Waals surface area contributed by atoms with Gasteiger partial charge in [0.2, 0.25) is 0 Å². The van der Waals surface area contributed by atoms with E-state index in [2.05, 4.69) is 29.4 Å². The number of rotatable bonds is 3. The fraction of sp³-hybridized carbons (Fsp3) is 0.200. The maximum absolute atomic E-state index is 12.9. The number of carbonyl (C=O) groups is 2. The van der Waals surface area contributed by atoms with E-state index < -0.39 is 0 Å². The average molecular weight is 397 g/mol. The number of carbonyl (C=O) groups excluding carboxylic acids is 2. The summed E-state index contributed by atoms with van der Waals surface area (Å²) in [5.41, 5.74) is 5.41. The molecular weight excluding hydrogens is 374 g/mol. The molecule has 0 saturated carbocycles. The molecular formula is C25H23N3O2. The molecule has 2 N–H and O–H groups in total. The molecule has 5 heteroatoms. The highest BCUT2D eigenvalue weighted by Crippen LogP contribution is 2.32. The van der Waals surface area contributed by atoms with Gasteiger partial charge in [-0.15, -0.1) is 0 Å². The van der Waals surface area contributed by atoms with Gasteiger partial charge in [0.25, 0.3) is 5.91 Å². The Morgan fingerprint density at radius 3 is 2.97 bits per heavy atom. The van der Waals surface area contributed by atoms with Crippen LogP contribution in [0.3, 0.4) is 0 Å². The minimum absolute atomic E-state index is 0.0288. The lowest BCUT2D eigenvalue weighted by Gasteiger charge is -2.23. The van der Waals surface area contributed by atoms with Gasteiger partial charge in [0, 0.05) is 35.4 Å². The first-order chi connectivity index (χ1) is 14.6. The second-order valence-corrected chi connectivity index (χ2v) is 7.96. The summed E-state index contributed by atoms with van der Waals surface area (Å²) >= 11 is 0. The van der Waals surface area contributed by atoms with Crippen LogP contribution in [0, 0.1) is 6.92 Å². The summed E-state index contributed by atoms with van der Waals surface area (Å²) in [5, 5.41) is 4.46. The number of benzene rings is 2. The number of hydrogen-bond donors (Lipinski definition) is 2. The number of anilines is 1. The highest BCUT2D eigenvalue weighted by atomic mass is 16.2. The van der Waals surface area contributed by atoms with Crippen molar-refractivity contribution in [2.75, 3.05) is 11.9 Å². The van der Waals surface area contributed by atoms with Crippen LogP contribution in [0.1, 0.15) is 34.3 Å². The van der Waals surface area contributed by atoms with Crippen LogP contribution < -0.4 is 5.32 Å². The minimum atomic E-state index is -0.0989. The Morgan fingerprint density at radius 1 is 1.20 bits per heavy atom. The topological polar surface area (TPSA) is 65.2 Å². The van der Waals surface area contributed by atoms with Gasteiger partial charge in [-0.3, -0.25) is 9.59 Å². The molecule has 5 rings (SSSR count). The maximum Gasteiger partial charge on any atom is 0.256 e. The van der Waals surface area contributed by atoms with E-state index in [0.717, 1.165) is 47.2 Å². The number of nitrogens with one attached hydrogen (secondary N) is 2. The number of fused-ring (bicyclic) bond motifs is 3. The Bertz CT molecular complexity index is 1220. The van der Waals surface area contributed by atoms with Crippen molar-refractivity contribution in [3.8, 4) is 0 Å². The van der Waals surface area contributed by atoms with Gasteiger partial charge in [-0.2, -0.15) is 0 Å². The molecule has 30 heavy (non-hydrogen) atoms. The number of aromatic amines is 1. The molecule has 1 unspecified atom stereocenters. The van der Waals surface area contributed by atoms with Gasteiger partial charge in [0.1, 0.15) is 0 Å². The molecule has 2 aliphatic heterocycles. The fourth-order valence-electron chi connectivity index (χ4n) is 4.40. The van der Waals surface area contributed by atoms with Crippen LogP contribution in [0.2, 0.25) is 0 Å². The fourth-order valence-corrected chi connectivity index (χ4v) is 4.40. The zero-order valence-electron chi connectivity index (χ0n) is 16.8. The van der Waals surface area contributed by atoms with Crippen LogP contribution in [0.4, 0.5) is 5.69 Å². The Hall–Kier alpha value is -3.60. The molecule has 2 aliphatic rings. The van der Waals surface area contributed by atoms with Gasteiger partial charge >= 0.3 is 0 Å². The molecule has 2 aromatic carbocycles. The van der Waals surface area contributed by atoms with Gasteiger partial charge in [-0.25, -0.2) is 0 Å². The first-order valence-electron chi connectivity index (χ1n) is 10.3. The monoisotopic (exact) mass is 397 g/mol. The Labute approximate surface area is 175 Å². The number of para-hydroxylation sites is 1. The molecule has 3 heterocycles.